The third-order valence-electron chi connectivity index (χ3n) is 2.33. The molecule has 1 N–H and O–H groups in total. The fourth-order valence-corrected chi connectivity index (χ4v) is 1.70. The quantitative estimate of drug-likeness (QED) is 0.897. The van der Waals surface area contributed by atoms with Gasteiger partial charge in [0.15, 0.2) is 0 Å². The zero-order chi connectivity index (χ0) is 12.0. The summed E-state index contributed by atoms with van der Waals surface area (Å²) in [6.45, 7) is 3.30. The molecule has 0 spiro atoms. The number of benzene rings is 1. The van der Waals surface area contributed by atoms with E-state index in [1.165, 1.54) is 0 Å². The maximum Gasteiger partial charge on any atom is 0.228 e. The van der Waals surface area contributed by atoms with Gasteiger partial charge in [0, 0.05) is 30.2 Å². The second-order valence-corrected chi connectivity index (χ2v) is 3.91. The Hall–Kier alpha value is -0.770. The number of carbonyl (C=O) groups excluding carboxylic acids is 1. The molecule has 17 heavy (non-hydrogen) atoms. The van der Waals surface area contributed by atoms with Gasteiger partial charge in [-0.3, -0.25) is 4.79 Å². The monoisotopic (exact) mass is 276 g/mol. The number of hydrogen-bond acceptors (Lipinski definition) is 2. The van der Waals surface area contributed by atoms with Crippen LogP contribution in [0.2, 0.25) is 5.02 Å². The molecule has 0 bridgehead atoms. The van der Waals surface area contributed by atoms with Crippen LogP contribution in [0.15, 0.2) is 24.3 Å². The first-order valence-electron chi connectivity index (χ1n) is 5.39. The molecule has 0 aliphatic rings. The summed E-state index contributed by atoms with van der Waals surface area (Å²) in [7, 11) is 1.84. The van der Waals surface area contributed by atoms with Crippen molar-refractivity contribution in [2.75, 3.05) is 25.0 Å². The molecular weight excluding hydrogens is 259 g/mol. The summed E-state index contributed by atoms with van der Waals surface area (Å²) < 4.78 is 0. The van der Waals surface area contributed by atoms with Crippen LogP contribution in [0.4, 0.5) is 5.69 Å². The van der Waals surface area contributed by atoms with Crippen LogP contribution in [0.1, 0.15) is 13.3 Å². The Morgan fingerprint density at radius 1 is 1.47 bits per heavy atom. The first-order chi connectivity index (χ1) is 7.69. The Kier molecular flexibility index (Phi) is 7.96. The number of rotatable bonds is 5. The number of nitrogens with one attached hydrogen (secondary N) is 1. The van der Waals surface area contributed by atoms with Gasteiger partial charge in [0.2, 0.25) is 5.91 Å². The van der Waals surface area contributed by atoms with Gasteiger partial charge in [-0.25, -0.2) is 0 Å². The molecule has 0 aliphatic carbocycles. The highest BCUT2D eigenvalue weighted by molar-refractivity contribution is 6.30. The molecule has 1 rings (SSSR count). The number of halogens is 2. The lowest BCUT2D eigenvalue weighted by molar-refractivity contribution is -0.118. The van der Waals surface area contributed by atoms with Crippen molar-refractivity contribution in [3.63, 3.8) is 0 Å². The number of anilines is 1. The molecule has 0 saturated carbocycles. The third-order valence-corrected chi connectivity index (χ3v) is 2.56. The summed E-state index contributed by atoms with van der Waals surface area (Å²) in [6, 6.07) is 7.36. The standard InChI is InChI=1S/C12H17ClN2O.ClH/c1-3-15(12(16)7-8-14-2)11-6-4-5-10(13)9-11;/h4-6,9,14H,3,7-8H2,1-2H3;1H. The van der Waals surface area contributed by atoms with E-state index in [-0.39, 0.29) is 18.3 Å². The van der Waals surface area contributed by atoms with Crippen LogP contribution in [0.5, 0.6) is 0 Å². The molecule has 0 saturated heterocycles. The van der Waals surface area contributed by atoms with Crippen molar-refractivity contribution in [2.24, 2.45) is 0 Å². The SMILES string of the molecule is CCN(C(=O)CCNC)c1cccc(Cl)c1.Cl. The topological polar surface area (TPSA) is 32.3 Å². The Bertz CT molecular complexity index is 358. The second kappa shape index (κ2) is 8.34. The molecule has 0 heterocycles. The molecule has 0 aromatic heterocycles. The lowest BCUT2D eigenvalue weighted by Gasteiger charge is -2.21. The van der Waals surface area contributed by atoms with Crippen LogP contribution in [-0.2, 0) is 4.79 Å². The smallest absolute Gasteiger partial charge is 0.228 e. The lowest BCUT2D eigenvalue weighted by atomic mass is 10.2. The van der Waals surface area contributed by atoms with Gasteiger partial charge in [-0.2, -0.15) is 0 Å². The molecule has 96 valence electrons. The Labute approximate surface area is 114 Å². The Morgan fingerprint density at radius 3 is 2.71 bits per heavy atom. The van der Waals surface area contributed by atoms with Crippen LogP contribution in [0.3, 0.4) is 0 Å². The van der Waals surface area contributed by atoms with E-state index < -0.39 is 0 Å². The molecule has 0 unspecified atom stereocenters. The maximum absolute atomic E-state index is 11.9. The summed E-state index contributed by atoms with van der Waals surface area (Å²) in [6.07, 6.45) is 0.497. The molecule has 0 fully saturated rings. The van der Waals surface area contributed by atoms with Crippen molar-refractivity contribution < 1.29 is 4.79 Å². The minimum absolute atomic E-state index is 0. The molecule has 1 amide bonds. The second-order valence-electron chi connectivity index (χ2n) is 3.47. The highest BCUT2D eigenvalue weighted by Crippen LogP contribution is 2.19. The maximum atomic E-state index is 11.9. The van der Waals surface area contributed by atoms with E-state index in [1.807, 2.05) is 32.2 Å². The highest BCUT2D eigenvalue weighted by Gasteiger charge is 2.12. The van der Waals surface area contributed by atoms with Crippen molar-refractivity contribution >= 4 is 35.6 Å². The summed E-state index contributed by atoms with van der Waals surface area (Å²) >= 11 is 5.90. The molecule has 0 radical (unpaired) electrons. The van der Waals surface area contributed by atoms with E-state index in [0.29, 0.717) is 24.5 Å². The first-order valence-corrected chi connectivity index (χ1v) is 5.77. The van der Waals surface area contributed by atoms with E-state index in [9.17, 15) is 4.79 Å². The average molecular weight is 277 g/mol. The first kappa shape index (κ1) is 16.2. The normalized spacial score (nSPS) is 9.59. The molecule has 0 aliphatic heterocycles. The van der Waals surface area contributed by atoms with E-state index in [4.69, 9.17) is 11.6 Å². The van der Waals surface area contributed by atoms with E-state index in [0.717, 1.165) is 5.69 Å². The molecule has 0 atom stereocenters. The zero-order valence-corrected chi connectivity index (χ0v) is 11.6. The van der Waals surface area contributed by atoms with Crippen molar-refractivity contribution in [3.05, 3.63) is 29.3 Å². The van der Waals surface area contributed by atoms with Crippen molar-refractivity contribution in [2.45, 2.75) is 13.3 Å². The van der Waals surface area contributed by atoms with Gasteiger partial charge in [0.05, 0.1) is 0 Å². The van der Waals surface area contributed by atoms with Gasteiger partial charge in [0.25, 0.3) is 0 Å². The lowest BCUT2D eigenvalue weighted by Crippen LogP contribution is -2.32. The van der Waals surface area contributed by atoms with Gasteiger partial charge in [-0.05, 0) is 32.2 Å². The summed E-state index contributed by atoms with van der Waals surface area (Å²) in [5.41, 5.74) is 0.858. The number of carbonyl (C=O) groups is 1. The minimum atomic E-state index is 0. The molecule has 3 nitrogen and oxygen atoms in total. The summed E-state index contributed by atoms with van der Waals surface area (Å²) in [4.78, 5) is 13.6. The van der Waals surface area contributed by atoms with E-state index in [2.05, 4.69) is 5.32 Å². The van der Waals surface area contributed by atoms with Crippen LogP contribution in [0, 0.1) is 0 Å². The van der Waals surface area contributed by atoms with Crippen LogP contribution in [-0.4, -0.2) is 26.0 Å². The molecular formula is C12H18Cl2N2O. The van der Waals surface area contributed by atoms with Gasteiger partial charge in [-0.1, -0.05) is 17.7 Å². The third kappa shape index (κ3) is 4.94. The number of nitrogens with zero attached hydrogens (tertiary/aromatic N) is 1. The Morgan fingerprint density at radius 2 is 2.18 bits per heavy atom. The molecule has 1 aromatic carbocycles. The fourth-order valence-electron chi connectivity index (χ4n) is 1.51. The van der Waals surface area contributed by atoms with E-state index >= 15 is 0 Å². The van der Waals surface area contributed by atoms with Crippen LogP contribution in [0.25, 0.3) is 0 Å². The summed E-state index contributed by atoms with van der Waals surface area (Å²) in [5.74, 6) is 0.110. The Balaban J connectivity index is 0.00000256. The number of amides is 1. The van der Waals surface area contributed by atoms with Crippen LogP contribution < -0.4 is 10.2 Å². The highest BCUT2D eigenvalue weighted by atomic mass is 35.5. The molecule has 1 aromatic rings. The van der Waals surface area contributed by atoms with Crippen LogP contribution >= 0.6 is 24.0 Å². The summed E-state index contributed by atoms with van der Waals surface area (Å²) in [5, 5.41) is 3.62. The van der Waals surface area contributed by atoms with Crippen molar-refractivity contribution in [3.8, 4) is 0 Å². The zero-order valence-electron chi connectivity index (χ0n) is 10.1. The fraction of sp³-hybridized carbons (Fsp3) is 0.417. The van der Waals surface area contributed by atoms with Gasteiger partial charge < -0.3 is 10.2 Å². The largest absolute Gasteiger partial charge is 0.319 e. The van der Waals surface area contributed by atoms with Gasteiger partial charge >= 0.3 is 0 Å². The minimum Gasteiger partial charge on any atom is -0.319 e. The molecule has 5 heteroatoms. The van der Waals surface area contributed by atoms with E-state index in [1.54, 1.807) is 11.0 Å². The predicted octanol–water partition coefficient (Wildman–Crippen LogP) is 2.72. The van der Waals surface area contributed by atoms with Crippen molar-refractivity contribution in [1.29, 1.82) is 0 Å². The average Bonchev–Trinajstić information content (AvgIpc) is 2.27. The predicted molar refractivity (Wildman–Crippen MR) is 75.3 cm³/mol. The van der Waals surface area contributed by atoms with Crippen molar-refractivity contribution in [1.82, 2.24) is 5.32 Å². The van der Waals surface area contributed by atoms with Gasteiger partial charge in [-0.15, -0.1) is 12.4 Å². The number of hydrogen-bond donors (Lipinski definition) is 1. The van der Waals surface area contributed by atoms with Gasteiger partial charge in [0.1, 0.15) is 0 Å².